The van der Waals surface area contributed by atoms with Gasteiger partial charge in [0.25, 0.3) is 0 Å². The minimum Gasteiger partial charge on any atom is -0.353 e. The molecule has 0 aromatic rings. The van der Waals surface area contributed by atoms with Crippen LogP contribution in [0.4, 0.5) is 0 Å². The van der Waals surface area contributed by atoms with E-state index in [4.69, 9.17) is 0 Å². The minimum absolute atomic E-state index is 0.150. The number of hydrogen-bond acceptors (Lipinski definition) is 2. The third kappa shape index (κ3) is 3.02. The van der Waals surface area contributed by atoms with Crippen LogP contribution in [-0.2, 0) is 9.59 Å². The molecule has 4 heteroatoms. The summed E-state index contributed by atoms with van der Waals surface area (Å²) in [5.74, 6) is 2.79. The second-order valence-electron chi connectivity index (χ2n) is 11.5. The molecule has 0 radical (unpaired) electrons. The van der Waals surface area contributed by atoms with Crippen molar-refractivity contribution in [3.63, 3.8) is 0 Å². The largest absolute Gasteiger partial charge is 0.353 e. The number of carbonyl (C=O) groups is 2. The van der Waals surface area contributed by atoms with Crippen molar-refractivity contribution in [2.45, 2.75) is 97.6 Å². The smallest absolute Gasteiger partial charge is 0.224 e. The molecule has 152 valence electrons. The molecule has 1 aliphatic heterocycles. The van der Waals surface area contributed by atoms with Crippen LogP contribution < -0.4 is 10.6 Å². The molecular formula is C23H38N2O2. The van der Waals surface area contributed by atoms with Gasteiger partial charge in [-0.05, 0) is 94.3 Å². The zero-order valence-electron chi connectivity index (χ0n) is 17.9. The second kappa shape index (κ2) is 6.22. The fourth-order valence-corrected chi connectivity index (χ4v) is 7.59. The van der Waals surface area contributed by atoms with Crippen LogP contribution in [0.1, 0.15) is 86.0 Å². The average molecular weight is 375 g/mol. The van der Waals surface area contributed by atoms with E-state index < -0.39 is 0 Å². The second-order valence-corrected chi connectivity index (χ2v) is 11.5. The molecule has 4 rings (SSSR count). The molecule has 1 heterocycles. The highest BCUT2D eigenvalue weighted by molar-refractivity contribution is 5.80. The molecule has 0 aromatic carbocycles. The van der Waals surface area contributed by atoms with E-state index in [0.717, 1.165) is 31.6 Å². The number of amides is 2. The molecule has 4 fully saturated rings. The van der Waals surface area contributed by atoms with Crippen molar-refractivity contribution < 1.29 is 9.59 Å². The Morgan fingerprint density at radius 1 is 1.00 bits per heavy atom. The molecule has 1 saturated heterocycles. The molecule has 27 heavy (non-hydrogen) atoms. The van der Waals surface area contributed by atoms with Gasteiger partial charge in [-0.15, -0.1) is 0 Å². The Bertz CT molecular complexity index is 639. The molecule has 3 aliphatic carbocycles. The number of rotatable bonds is 1. The van der Waals surface area contributed by atoms with Gasteiger partial charge in [-0.2, -0.15) is 0 Å². The summed E-state index contributed by atoms with van der Waals surface area (Å²) in [5, 5.41) is 6.57. The quantitative estimate of drug-likeness (QED) is 0.728. The standard InChI is InChI=1S/C23H38N2O2/c1-21(2,3)25-20(27)17-8-7-15-14-6-9-18-23(5,13-11-19(26)24-18)16(14)10-12-22(15,17)4/h14-18H,6-13H2,1-5H3,(H,24,26)(H,25,27)/t14-,15-,16-,17?,18?,22-,23+/m0/s1. The van der Waals surface area contributed by atoms with Crippen molar-refractivity contribution >= 4 is 11.8 Å². The number of piperidine rings is 1. The minimum atomic E-state index is -0.158. The Hall–Kier alpha value is -1.06. The average Bonchev–Trinajstić information content (AvgIpc) is 2.91. The summed E-state index contributed by atoms with van der Waals surface area (Å²) in [5.41, 5.74) is 0.246. The number of carbonyl (C=O) groups excluding carboxylic acids is 2. The van der Waals surface area contributed by atoms with Crippen LogP contribution in [0.3, 0.4) is 0 Å². The van der Waals surface area contributed by atoms with Gasteiger partial charge in [-0.25, -0.2) is 0 Å². The third-order valence-electron chi connectivity index (χ3n) is 8.91. The van der Waals surface area contributed by atoms with Crippen molar-refractivity contribution in [2.75, 3.05) is 0 Å². The van der Waals surface area contributed by atoms with E-state index in [1.54, 1.807) is 0 Å². The van der Waals surface area contributed by atoms with E-state index in [1.165, 1.54) is 19.3 Å². The molecule has 2 unspecified atom stereocenters. The number of fused-ring (bicyclic) bond motifs is 5. The van der Waals surface area contributed by atoms with Crippen LogP contribution >= 0.6 is 0 Å². The summed E-state index contributed by atoms with van der Waals surface area (Å²) >= 11 is 0. The maximum absolute atomic E-state index is 13.0. The fraction of sp³-hybridized carbons (Fsp3) is 0.913. The molecule has 2 N–H and O–H groups in total. The molecule has 0 spiro atoms. The highest BCUT2D eigenvalue weighted by atomic mass is 16.2. The van der Waals surface area contributed by atoms with Crippen LogP contribution in [-0.4, -0.2) is 23.4 Å². The van der Waals surface area contributed by atoms with Gasteiger partial charge in [-0.3, -0.25) is 9.59 Å². The van der Waals surface area contributed by atoms with E-state index in [2.05, 4.69) is 45.3 Å². The van der Waals surface area contributed by atoms with Gasteiger partial charge in [0.15, 0.2) is 0 Å². The first-order valence-electron chi connectivity index (χ1n) is 11.2. The zero-order valence-corrected chi connectivity index (χ0v) is 17.9. The maximum atomic E-state index is 13.0. The van der Waals surface area contributed by atoms with Gasteiger partial charge in [-0.1, -0.05) is 13.8 Å². The third-order valence-corrected chi connectivity index (χ3v) is 8.91. The Labute approximate surface area is 164 Å². The SMILES string of the molecule is CC(C)(C)NC(=O)C1CC[C@H]2[C@@H]3CCC4NC(=O)CC[C@]4(C)[C@H]3CC[C@]12C. The van der Waals surface area contributed by atoms with E-state index in [0.29, 0.717) is 24.3 Å². The topological polar surface area (TPSA) is 58.2 Å². The first-order valence-corrected chi connectivity index (χ1v) is 11.2. The van der Waals surface area contributed by atoms with Crippen molar-refractivity contribution in [2.24, 2.45) is 34.5 Å². The predicted molar refractivity (Wildman–Crippen MR) is 107 cm³/mol. The summed E-state index contributed by atoms with van der Waals surface area (Å²) in [4.78, 5) is 25.0. The van der Waals surface area contributed by atoms with Crippen LogP contribution in [0.2, 0.25) is 0 Å². The van der Waals surface area contributed by atoms with Crippen LogP contribution in [0.25, 0.3) is 0 Å². The van der Waals surface area contributed by atoms with E-state index in [-0.39, 0.29) is 34.1 Å². The van der Waals surface area contributed by atoms with E-state index in [1.807, 2.05) is 0 Å². The Morgan fingerprint density at radius 3 is 2.41 bits per heavy atom. The summed E-state index contributed by atoms with van der Waals surface area (Å²) in [7, 11) is 0. The lowest BCUT2D eigenvalue weighted by atomic mass is 9.47. The zero-order chi connectivity index (χ0) is 19.6. The summed E-state index contributed by atoms with van der Waals surface area (Å²) < 4.78 is 0. The molecule has 2 amide bonds. The first kappa shape index (κ1) is 19.3. The van der Waals surface area contributed by atoms with Crippen LogP contribution in [0, 0.1) is 34.5 Å². The van der Waals surface area contributed by atoms with Gasteiger partial charge in [0.05, 0.1) is 0 Å². The Kier molecular flexibility index (Phi) is 4.44. The molecule has 4 nitrogen and oxygen atoms in total. The molecule has 7 atom stereocenters. The van der Waals surface area contributed by atoms with Gasteiger partial charge in [0.2, 0.25) is 11.8 Å². The lowest BCUT2D eigenvalue weighted by Crippen LogP contribution is -2.61. The van der Waals surface area contributed by atoms with E-state index >= 15 is 0 Å². The lowest BCUT2D eigenvalue weighted by molar-refractivity contribution is -0.142. The highest BCUT2D eigenvalue weighted by Crippen LogP contribution is 2.65. The predicted octanol–water partition coefficient (Wildman–Crippen LogP) is 4.04. The van der Waals surface area contributed by atoms with Crippen molar-refractivity contribution in [3.05, 3.63) is 0 Å². The van der Waals surface area contributed by atoms with Gasteiger partial charge >= 0.3 is 0 Å². The molecular weight excluding hydrogens is 336 g/mol. The van der Waals surface area contributed by atoms with Gasteiger partial charge in [0.1, 0.15) is 0 Å². The Morgan fingerprint density at radius 2 is 1.70 bits per heavy atom. The highest BCUT2D eigenvalue weighted by Gasteiger charge is 2.61. The van der Waals surface area contributed by atoms with E-state index in [9.17, 15) is 9.59 Å². The monoisotopic (exact) mass is 374 g/mol. The summed E-state index contributed by atoms with van der Waals surface area (Å²) in [6.07, 6.45) is 8.71. The van der Waals surface area contributed by atoms with Crippen LogP contribution in [0.5, 0.6) is 0 Å². The number of nitrogens with one attached hydrogen (secondary N) is 2. The molecule has 3 saturated carbocycles. The molecule has 4 aliphatic rings. The Balaban J connectivity index is 1.55. The first-order chi connectivity index (χ1) is 12.5. The molecule has 0 aromatic heterocycles. The number of hydrogen-bond donors (Lipinski definition) is 2. The normalized spacial score (nSPS) is 46.7. The summed E-state index contributed by atoms with van der Waals surface area (Å²) in [6, 6.07) is 0.366. The van der Waals surface area contributed by atoms with Crippen molar-refractivity contribution in [1.29, 1.82) is 0 Å². The van der Waals surface area contributed by atoms with Gasteiger partial charge < -0.3 is 10.6 Å². The van der Waals surface area contributed by atoms with Crippen molar-refractivity contribution in [1.82, 2.24) is 10.6 Å². The van der Waals surface area contributed by atoms with Crippen LogP contribution in [0.15, 0.2) is 0 Å². The van der Waals surface area contributed by atoms with Gasteiger partial charge in [0, 0.05) is 23.9 Å². The molecule has 0 bridgehead atoms. The lowest BCUT2D eigenvalue weighted by Gasteiger charge is -2.60. The summed E-state index contributed by atoms with van der Waals surface area (Å²) in [6.45, 7) is 11.1. The maximum Gasteiger partial charge on any atom is 0.224 e. The fourth-order valence-electron chi connectivity index (χ4n) is 7.59. The van der Waals surface area contributed by atoms with Crippen molar-refractivity contribution in [3.8, 4) is 0 Å².